The van der Waals surface area contributed by atoms with Gasteiger partial charge in [0.1, 0.15) is 5.67 Å². The van der Waals surface area contributed by atoms with Crippen LogP contribution in [-0.4, -0.2) is 41.7 Å². The first-order valence-electron chi connectivity index (χ1n) is 14.3. The van der Waals surface area contributed by atoms with Gasteiger partial charge in [-0.3, -0.25) is 11.0 Å². The monoisotopic (exact) mass is 745 g/mol. The Kier molecular flexibility index (Phi) is 14.6. The first-order chi connectivity index (χ1) is 17.8. The normalized spacial score (nSPS) is 14.9. The van der Waals surface area contributed by atoms with E-state index in [2.05, 4.69) is 53.2 Å². The summed E-state index contributed by atoms with van der Waals surface area (Å²) in [5, 5.41) is 3.42. The molecule has 1 fully saturated rings. The Balaban J connectivity index is 0.00000507. The van der Waals surface area contributed by atoms with Crippen LogP contribution in [0.4, 0.5) is 4.39 Å². The zero-order valence-electron chi connectivity index (χ0n) is 23.9. The van der Waals surface area contributed by atoms with E-state index in [0.717, 1.165) is 79.8 Å². The molecule has 3 N–H and O–H groups in total. The fraction of sp³-hybridized carbons (Fsp3) is 0.562. The molecule has 1 aromatic carbocycles. The average Bonchev–Trinajstić information content (AvgIpc) is 2.92. The zero-order valence-corrected chi connectivity index (χ0v) is 28.0. The van der Waals surface area contributed by atoms with Crippen LogP contribution in [0.3, 0.4) is 0 Å². The van der Waals surface area contributed by atoms with E-state index < -0.39 is 5.67 Å². The van der Waals surface area contributed by atoms with Crippen molar-refractivity contribution in [3.8, 4) is 11.3 Å². The SMILES string of the molecule is C=C(NCCCC[C-](C)N)c1ccc(-c2ccc(CCC3CCN(CC(F)(CC)CC)CC3)cn2)cc1.[U]. The van der Waals surface area contributed by atoms with Crippen LogP contribution < -0.4 is 11.1 Å². The molecule has 1 aromatic heterocycles. The van der Waals surface area contributed by atoms with E-state index in [4.69, 9.17) is 10.7 Å². The van der Waals surface area contributed by atoms with Gasteiger partial charge in [-0.15, -0.1) is 0 Å². The summed E-state index contributed by atoms with van der Waals surface area (Å²) in [5.74, 6) is 0.727. The predicted molar refractivity (Wildman–Crippen MR) is 156 cm³/mol. The maximum absolute atomic E-state index is 14.7. The predicted octanol–water partition coefficient (Wildman–Crippen LogP) is 7.16. The Morgan fingerprint density at radius 1 is 1.13 bits per heavy atom. The molecule has 1 aliphatic heterocycles. The summed E-state index contributed by atoms with van der Waals surface area (Å²) in [4.78, 5) is 7.08. The number of likely N-dealkylation sites (tertiary alicyclic amines) is 1. The number of pyridine rings is 1. The molecule has 38 heavy (non-hydrogen) atoms. The Bertz CT molecular complexity index is 933. The first kappa shape index (κ1) is 33.0. The largest absolute Gasteiger partial charge is 0.481 e. The number of hydrogen-bond donors (Lipinski definition) is 2. The molecule has 0 atom stereocenters. The maximum Gasteiger partial charge on any atom is 0.123 e. The van der Waals surface area contributed by atoms with E-state index in [1.54, 1.807) is 0 Å². The van der Waals surface area contributed by atoms with Gasteiger partial charge < -0.3 is 16.0 Å². The van der Waals surface area contributed by atoms with Gasteiger partial charge in [0.05, 0.1) is 5.69 Å². The minimum atomic E-state index is -1.02. The van der Waals surface area contributed by atoms with Crippen molar-refractivity contribution in [2.24, 2.45) is 11.7 Å². The number of aromatic nitrogens is 1. The molecule has 0 radical (unpaired) electrons. The topological polar surface area (TPSA) is 54.2 Å². The van der Waals surface area contributed by atoms with Crippen LogP contribution in [0, 0.1) is 43.1 Å². The van der Waals surface area contributed by atoms with Crippen molar-refractivity contribution in [3.05, 3.63) is 66.3 Å². The molecule has 1 saturated heterocycles. The summed E-state index contributed by atoms with van der Waals surface area (Å²) in [6, 6.07) is 13.8. The number of piperidine rings is 1. The second-order valence-electron chi connectivity index (χ2n) is 11.0. The summed E-state index contributed by atoms with van der Waals surface area (Å²) < 4.78 is 14.7. The van der Waals surface area contributed by atoms with Gasteiger partial charge in [0, 0.05) is 61.7 Å². The van der Waals surface area contributed by atoms with Crippen LogP contribution in [0.1, 0.15) is 83.3 Å². The number of benzene rings is 1. The fourth-order valence-corrected chi connectivity index (χ4v) is 5.13. The van der Waals surface area contributed by atoms with Crippen LogP contribution in [-0.2, 0) is 6.42 Å². The van der Waals surface area contributed by atoms with Gasteiger partial charge in [0.15, 0.2) is 0 Å². The van der Waals surface area contributed by atoms with Crippen LogP contribution in [0.25, 0.3) is 17.0 Å². The van der Waals surface area contributed by atoms with Crippen molar-refractivity contribution in [1.29, 1.82) is 0 Å². The molecule has 0 spiro atoms. The Labute approximate surface area is 254 Å². The third kappa shape index (κ3) is 10.8. The van der Waals surface area contributed by atoms with Gasteiger partial charge in [-0.25, -0.2) is 4.39 Å². The molecule has 6 heteroatoms. The number of unbranched alkanes of at least 4 members (excludes halogenated alkanes) is 1. The van der Waals surface area contributed by atoms with E-state index in [1.165, 1.54) is 24.8 Å². The number of aryl methyl sites for hydroxylation is 1. The Hall–Kier alpha value is -1.19. The van der Waals surface area contributed by atoms with Gasteiger partial charge in [0.2, 0.25) is 0 Å². The first-order valence-corrected chi connectivity index (χ1v) is 14.3. The van der Waals surface area contributed by atoms with Crippen molar-refractivity contribution in [2.75, 3.05) is 26.2 Å². The number of rotatable bonds is 15. The Morgan fingerprint density at radius 2 is 1.82 bits per heavy atom. The van der Waals surface area contributed by atoms with Gasteiger partial charge in [-0.05, 0) is 81.1 Å². The molecule has 2 heterocycles. The summed E-state index contributed by atoms with van der Waals surface area (Å²) in [6.07, 6.45) is 11.0. The standard InChI is InChI=1S/C32H48FN4.U/c1-5-32(33,6-2)24-37-21-18-27(19-22-37)10-11-28-12-17-31(36-23-28)30-15-13-29(14-16-30)26(4)35-20-8-7-9-25(3)34;/h12-17,23,27,35H,4-11,18-22,24,34H2,1-3H3;/q-1;. The van der Waals surface area contributed by atoms with Crippen LogP contribution in [0.2, 0.25) is 0 Å². The van der Waals surface area contributed by atoms with E-state index in [0.29, 0.717) is 19.4 Å². The van der Waals surface area contributed by atoms with Crippen LogP contribution >= 0.6 is 0 Å². The third-order valence-corrected chi connectivity index (χ3v) is 8.01. The average molecular weight is 746 g/mol. The Morgan fingerprint density at radius 3 is 2.39 bits per heavy atom. The van der Waals surface area contributed by atoms with Crippen molar-refractivity contribution >= 4 is 5.70 Å². The van der Waals surface area contributed by atoms with Gasteiger partial charge in [-0.2, -0.15) is 13.3 Å². The zero-order chi connectivity index (χ0) is 26.7. The van der Waals surface area contributed by atoms with E-state index in [1.807, 2.05) is 27.0 Å². The third-order valence-electron chi connectivity index (χ3n) is 8.01. The number of alkyl halides is 1. The molecular weight excluding hydrogens is 697 g/mol. The summed E-state index contributed by atoms with van der Waals surface area (Å²) >= 11 is 0. The second kappa shape index (κ2) is 16.8. The van der Waals surface area contributed by atoms with Gasteiger partial charge >= 0.3 is 0 Å². The summed E-state index contributed by atoms with van der Waals surface area (Å²) in [6.45, 7) is 13.6. The van der Waals surface area contributed by atoms with Crippen molar-refractivity contribution in [1.82, 2.24) is 15.2 Å². The molecule has 0 bridgehead atoms. The quantitative estimate of drug-likeness (QED) is 0.150. The number of hydrogen-bond acceptors (Lipinski definition) is 4. The molecule has 3 rings (SSSR count). The van der Waals surface area contributed by atoms with E-state index >= 15 is 0 Å². The molecule has 2 aromatic rings. The summed E-state index contributed by atoms with van der Waals surface area (Å²) in [7, 11) is 0. The molecular formula is C32H48FN4U-. The van der Waals surface area contributed by atoms with Crippen LogP contribution in [0.15, 0.2) is 49.2 Å². The summed E-state index contributed by atoms with van der Waals surface area (Å²) in [5.41, 5.74) is 10.2. The molecule has 208 valence electrons. The fourth-order valence-electron chi connectivity index (χ4n) is 5.13. The molecule has 0 unspecified atom stereocenters. The van der Waals surface area contributed by atoms with Crippen molar-refractivity contribution in [3.63, 3.8) is 0 Å². The molecule has 0 saturated carbocycles. The van der Waals surface area contributed by atoms with Crippen molar-refractivity contribution in [2.45, 2.75) is 84.2 Å². The van der Waals surface area contributed by atoms with Gasteiger partial charge in [0.25, 0.3) is 0 Å². The minimum absolute atomic E-state index is 0. The maximum atomic E-state index is 14.7. The number of nitrogens with two attached hydrogens (primary N) is 1. The number of nitrogens with one attached hydrogen (secondary N) is 1. The smallest absolute Gasteiger partial charge is 0.123 e. The number of halogens is 1. The minimum Gasteiger partial charge on any atom is -0.481 e. The molecule has 1 aliphatic rings. The number of nitrogens with zero attached hydrogens (tertiary/aromatic N) is 2. The molecule has 0 amide bonds. The van der Waals surface area contributed by atoms with E-state index in [-0.39, 0.29) is 31.1 Å². The van der Waals surface area contributed by atoms with Gasteiger partial charge in [-0.1, -0.05) is 57.2 Å². The van der Waals surface area contributed by atoms with Crippen LogP contribution in [0.5, 0.6) is 0 Å². The molecule has 0 aliphatic carbocycles. The van der Waals surface area contributed by atoms with Crippen molar-refractivity contribution < 1.29 is 35.5 Å². The second-order valence-corrected chi connectivity index (χ2v) is 11.0. The molecule has 4 nitrogen and oxygen atoms in total. The van der Waals surface area contributed by atoms with E-state index in [9.17, 15) is 4.39 Å².